The molecule has 33 heavy (non-hydrogen) atoms. The molecule has 1 aliphatic rings. The van der Waals surface area contributed by atoms with Crippen molar-refractivity contribution in [2.45, 2.75) is 39.9 Å². The van der Waals surface area contributed by atoms with Crippen LogP contribution in [0.2, 0.25) is 0 Å². The van der Waals surface area contributed by atoms with Crippen molar-refractivity contribution in [2.24, 2.45) is 14.1 Å². The first-order chi connectivity index (χ1) is 15.8. The molecule has 0 spiro atoms. The van der Waals surface area contributed by atoms with E-state index in [0.29, 0.717) is 24.7 Å². The molecule has 0 aliphatic carbocycles. The third kappa shape index (κ3) is 3.86. The van der Waals surface area contributed by atoms with Crippen LogP contribution in [0.3, 0.4) is 0 Å². The van der Waals surface area contributed by atoms with Crippen molar-refractivity contribution in [1.29, 1.82) is 0 Å². The number of hydrogen-bond acceptors (Lipinski definition) is 7. The lowest BCUT2D eigenvalue weighted by Gasteiger charge is -2.33. The maximum Gasteiger partial charge on any atom is 0.271 e. The minimum atomic E-state index is -0.0268. The maximum absolute atomic E-state index is 13.3. The molecule has 4 aromatic heterocycles. The molecular formula is C22H26N10O. The summed E-state index contributed by atoms with van der Waals surface area (Å²) in [6.45, 7) is 7.08. The first kappa shape index (κ1) is 20.9. The number of hydrogen-bond donors (Lipinski definition) is 1. The number of aromatic nitrogens is 8. The predicted octanol–water partition coefficient (Wildman–Crippen LogP) is 2.21. The Balaban J connectivity index is 1.44. The van der Waals surface area contributed by atoms with Crippen LogP contribution >= 0.6 is 0 Å². The van der Waals surface area contributed by atoms with E-state index in [1.54, 1.807) is 24.1 Å². The lowest BCUT2D eigenvalue weighted by molar-refractivity contribution is 0.0592. The number of amides is 1. The fourth-order valence-electron chi connectivity index (χ4n) is 4.20. The zero-order chi connectivity index (χ0) is 23.3. The van der Waals surface area contributed by atoms with Crippen molar-refractivity contribution >= 4 is 17.7 Å². The van der Waals surface area contributed by atoms with Gasteiger partial charge in [0, 0.05) is 50.7 Å². The number of rotatable bonds is 5. The zero-order valence-corrected chi connectivity index (χ0v) is 19.3. The predicted molar refractivity (Wildman–Crippen MR) is 122 cm³/mol. The molecule has 0 radical (unpaired) electrons. The number of fused-ring (bicyclic) bond motifs is 1. The van der Waals surface area contributed by atoms with E-state index in [-0.39, 0.29) is 11.9 Å². The Hall–Kier alpha value is -4.02. The highest BCUT2D eigenvalue weighted by Crippen LogP contribution is 2.29. The van der Waals surface area contributed by atoms with E-state index in [1.807, 2.05) is 55.6 Å². The zero-order valence-electron chi connectivity index (χ0n) is 19.3. The molecule has 1 unspecified atom stereocenters. The van der Waals surface area contributed by atoms with E-state index in [0.717, 1.165) is 34.0 Å². The molecule has 11 nitrogen and oxygen atoms in total. The SMILES string of the molecule is Cc1cc(Nc2ncc(C)c(-c3cc4n(c3)CC(C)N(Cc3cnn(C)n3)C4=O)n2)n(C)n1. The summed E-state index contributed by atoms with van der Waals surface area (Å²) in [5, 5.41) is 16.0. The van der Waals surface area contributed by atoms with Gasteiger partial charge in [-0.05, 0) is 32.4 Å². The average molecular weight is 447 g/mol. The van der Waals surface area contributed by atoms with Gasteiger partial charge in [-0.3, -0.25) is 9.48 Å². The third-order valence-electron chi connectivity index (χ3n) is 5.84. The van der Waals surface area contributed by atoms with Crippen LogP contribution in [-0.2, 0) is 27.2 Å². The van der Waals surface area contributed by atoms with E-state index in [4.69, 9.17) is 4.98 Å². The van der Waals surface area contributed by atoms with Crippen molar-refractivity contribution in [3.05, 3.63) is 53.4 Å². The molecule has 1 amide bonds. The largest absolute Gasteiger partial charge is 0.341 e. The second kappa shape index (κ2) is 7.84. The van der Waals surface area contributed by atoms with Crippen molar-refractivity contribution in [3.63, 3.8) is 0 Å². The Bertz CT molecular complexity index is 1350. The number of anilines is 2. The van der Waals surface area contributed by atoms with Crippen molar-refractivity contribution < 1.29 is 4.79 Å². The molecule has 0 fully saturated rings. The summed E-state index contributed by atoms with van der Waals surface area (Å²) in [7, 11) is 3.64. The van der Waals surface area contributed by atoms with E-state index in [1.165, 1.54) is 4.80 Å². The van der Waals surface area contributed by atoms with E-state index < -0.39 is 0 Å². The first-order valence-corrected chi connectivity index (χ1v) is 10.8. The van der Waals surface area contributed by atoms with Gasteiger partial charge < -0.3 is 14.8 Å². The summed E-state index contributed by atoms with van der Waals surface area (Å²) >= 11 is 0. The Morgan fingerprint density at radius 2 is 1.97 bits per heavy atom. The summed E-state index contributed by atoms with van der Waals surface area (Å²) in [5.41, 5.74) is 4.92. The molecule has 5 rings (SSSR count). The van der Waals surface area contributed by atoms with Crippen LogP contribution < -0.4 is 5.32 Å². The fraction of sp³-hybridized carbons (Fsp3) is 0.364. The van der Waals surface area contributed by atoms with Gasteiger partial charge >= 0.3 is 0 Å². The number of nitrogens with zero attached hydrogens (tertiary/aromatic N) is 9. The van der Waals surface area contributed by atoms with Crippen molar-refractivity contribution in [3.8, 4) is 11.3 Å². The summed E-state index contributed by atoms with van der Waals surface area (Å²) in [6.07, 6.45) is 5.48. The molecule has 1 aliphatic heterocycles. The van der Waals surface area contributed by atoms with Gasteiger partial charge in [-0.1, -0.05) is 0 Å². The molecule has 0 saturated heterocycles. The van der Waals surface area contributed by atoms with Crippen LogP contribution in [0.15, 0.2) is 30.7 Å². The number of carbonyl (C=O) groups excluding carboxylic acids is 1. The van der Waals surface area contributed by atoms with Gasteiger partial charge in [0.25, 0.3) is 5.91 Å². The summed E-state index contributed by atoms with van der Waals surface area (Å²) in [4.78, 5) is 25.8. The van der Waals surface area contributed by atoms with Crippen LogP contribution in [-0.4, -0.2) is 56.2 Å². The molecule has 0 saturated carbocycles. The fourth-order valence-corrected chi connectivity index (χ4v) is 4.20. The molecule has 1 atom stereocenters. The normalized spacial score (nSPS) is 15.7. The van der Waals surface area contributed by atoms with E-state index in [2.05, 4.69) is 25.6 Å². The van der Waals surface area contributed by atoms with Crippen molar-refractivity contribution in [2.75, 3.05) is 5.32 Å². The summed E-state index contributed by atoms with van der Waals surface area (Å²) in [6, 6.07) is 3.88. The third-order valence-corrected chi connectivity index (χ3v) is 5.84. The minimum Gasteiger partial charge on any atom is -0.341 e. The molecule has 1 N–H and O–H groups in total. The minimum absolute atomic E-state index is 0.0268. The van der Waals surface area contributed by atoms with Crippen LogP contribution in [0.25, 0.3) is 11.3 Å². The van der Waals surface area contributed by atoms with E-state index in [9.17, 15) is 4.79 Å². The molecule has 0 aromatic carbocycles. The van der Waals surface area contributed by atoms with Crippen LogP contribution in [0.1, 0.15) is 34.4 Å². The van der Waals surface area contributed by atoms with Gasteiger partial charge in [0.1, 0.15) is 17.2 Å². The molecule has 0 bridgehead atoms. The van der Waals surface area contributed by atoms with Gasteiger partial charge in [0.05, 0.1) is 24.1 Å². The smallest absolute Gasteiger partial charge is 0.271 e. The lowest BCUT2D eigenvalue weighted by Crippen LogP contribution is -2.45. The average Bonchev–Trinajstić information content (AvgIpc) is 3.45. The monoisotopic (exact) mass is 446 g/mol. The highest BCUT2D eigenvalue weighted by molar-refractivity contribution is 5.95. The van der Waals surface area contributed by atoms with Crippen molar-refractivity contribution in [1.82, 2.24) is 44.2 Å². The highest BCUT2D eigenvalue weighted by Gasteiger charge is 2.31. The van der Waals surface area contributed by atoms with Gasteiger partial charge in [0.15, 0.2) is 0 Å². The van der Waals surface area contributed by atoms with Gasteiger partial charge in [-0.15, -0.1) is 0 Å². The van der Waals surface area contributed by atoms with Gasteiger partial charge in [0.2, 0.25) is 5.95 Å². The molecule has 5 heterocycles. The molecular weight excluding hydrogens is 420 g/mol. The second-order valence-electron chi connectivity index (χ2n) is 8.52. The van der Waals surface area contributed by atoms with Gasteiger partial charge in [-0.2, -0.15) is 20.1 Å². The standard InChI is InChI=1S/C22H26N10O/c1-13-8-23-22(25-19-6-14(2)27-29(19)4)26-20(13)16-7-18-21(33)32(15(3)10-31(18)11-16)12-17-9-24-30(5)28-17/h6-9,11,15H,10,12H2,1-5H3,(H,23,25,26). The maximum atomic E-state index is 13.3. The lowest BCUT2D eigenvalue weighted by atomic mass is 10.1. The second-order valence-corrected chi connectivity index (χ2v) is 8.52. The molecule has 4 aromatic rings. The van der Waals surface area contributed by atoms with Crippen LogP contribution in [0.4, 0.5) is 11.8 Å². The molecule has 11 heteroatoms. The Labute approximate surface area is 191 Å². The Kier molecular flexibility index (Phi) is 4.95. The number of carbonyl (C=O) groups is 1. The van der Waals surface area contributed by atoms with E-state index >= 15 is 0 Å². The first-order valence-electron chi connectivity index (χ1n) is 10.8. The summed E-state index contributed by atoms with van der Waals surface area (Å²) < 4.78 is 3.76. The number of nitrogens with one attached hydrogen (secondary N) is 1. The van der Waals surface area contributed by atoms with Crippen LogP contribution in [0, 0.1) is 13.8 Å². The van der Waals surface area contributed by atoms with Crippen LogP contribution in [0.5, 0.6) is 0 Å². The Morgan fingerprint density at radius 1 is 1.15 bits per heavy atom. The summed E-state index contributed by atoms with van der Waals surface area (Å²) in [5.74, 6) is 1.26. The quantitative estimate of drug-likeness (QED) is 0.500. The number of aryl methyl sites for hydroxylation is 4. The topological polar surface area (TPSA) is 112 Å². The highest BCUT2D eigenvalue weighted by atomic mass is 16.2. The Morgan fingerprint density at radius 3 is 2.67 bits per heavy atom. The molecule has 170 valence electrons. The van der Waals surface area contributed by atoms with Gasteiger partial charge in [-0.25, -0.2) is 9.97 Å².